The first-order valence-electron chi connectivity index (χ1n) is 8.12. The van der Waals surface area contributed by atoms with Crippen LogP contribution in [0.15, 0.2) is 22.9 Å². The fourth-order valence-electron chi connectivity index (χ4n) is 3.53. The highest BCUT2D eigenvalue weighted by molar-refractivity contribution is 5.69. The predicted molar refractivity (Wildman–Crippen MR) is 86.7 cm³/mol. The Hall–Kier alpha value is -1.91. The van der Waals surface area contributed by atoms with Crippen LogP contribution >= 0.6 is 0 Å². The van der Waals surface area contributed by atoms with Crippen LogP contribution in [-0.4, -0.2) is 28.2 Å². The Kier molecular flexibility index (Phi) is 4.14. The second-order valence-corrected chi connectivity index (χ2v) is 6.61. The molecule has 1 saturated heterocycles. The number of anilines is 1. The number of aryl methyl sites for hydroxylation is 1. The highest BCUT2D eigenvalue weighted by atomic mass is 16.5. The molecule has 0 N–H and O–H groups in total. The molecule has 0 unspecified atom stereocenters. The molecule has 0 aliphatic carbocycles. The number of aromatic nitrogens is 3. The maximum absolute atomic E-state index is 5.35. The highest BCUT2D eigenvalue weighted by Crippen LogP contribution is 2.37. The van der Waals surface area contributed by atoms with Gasteiger partial charge in [-0.1, -0.05) is 25.4 Å². The molecule has 0 aromatic carbocycles. The molecule has 3 heterocycles. The van der Waals surface area contributed by atoms with Crippen LogP contribution < -0.4 is 4.90 Å². The van der Waals surface area contributed by atoms with Gasteiger partial charge in [-0.15, -0.1) is 0 Å². The summed E-state index contributed by atoms with van der Waals surface area (Å²) >= 11 is 0. The molecule has 0 radical (unpaired) electrons. The van der Waals surface area contributed by atoms with Crippen LogP contribution in [-0.2, 0) is 0 Å². The smallest absolute Gasteiger partial charge is 0.261 e. The van der Waals surface area contributed by atoms with Crippen molar-refractivity contribution in [3.05, 3.63) is 24.2 Å². The van der Waals surface area contributed by atoms with E-state index < -0.39 is 0 Å². The van der Waals surface area contributed by atoms with Gasteiger partial charge in [-0.2, -0.15) is 4.98 Å². The van der Waals surface area contributed by atoms with Crippen molar-refractivity contribution in [2.75, 3.05) is 18.0 Å². The molecular weight excluding hydrogens is 276 g/mol. The molecule has 2 aromatic heterocycles. The molecule has 0 saturated carbocycles. The first-order valence-corrected chi connectivity index (χ1v) is 8.12. The van der Waals surface area contributed by atoms with E-state index in [0.29, 0.717) is 17.1 Å². The van der Waals surface area contributed by atoms with Gasteiger partial charge >= 0.3 is 0 Å². The second kappa shape index (κ2) is 6.07. The van der Waals surface area contributed by atoms with Crippen LogP contribution in [0.25, 0.3) is 11.5 Å². The predicted octanol–water partition coefficient (Wildman–Crippen LogP) is 3.85. The molecule has 3 rings (SSSR count). The third kappa shape index (κ3) is 2.98. The Morgan fingerprint density at radius 2 is 2.27 bits per heavy atom. The Bertz CT molecular complexity index is 635. The van der Waals surface area contributed by atoms with Gasteiger partial charge in [0.1, 0.15) is 5.82 Å². The molecule has 1 atom stereocenters. The minimum atomic E-state index is 0.368. The fraction of sp³-hybridized carbons (Fsp3) is 0.588. The van der Waals surface area contributed by atoms with E-state index in [0.717, 1.165) is 24.5 Å². The normalized spacial score (nSPS) is 22.0. The van der Waals surface area contributed by atoms with E-state index in [1.807, 2.05) is 25.3 Å². The summed E-state index contributed by atoms with van der Waals surface area (Å²) in [6, 6.07) is 3.94. The number of rotatable bonds is 4. The molecular formula is C17H24N4O. The van der Waals surface area contributed by atoms with E-state index in [9.17, 15) is 0 Å². The number of hydrogen-bond acceptors (Lipinski definition) is 5. The van der Waals surface area contributed by atoms with Gasteiger partial charge in [-0.25, -0.2) is 4.98 Å². The van der Waals surface area contributed by atoms with Crippen molar-refractivity contribution in [2.24, 2.45) is 5.41 Å². The van der Waals surface area contributed by atoms with Crippen molar-refractivity contribution in [2.45, 2.75) is 46.5 Å². The molecule has 0 amide bonds. The lowest BCUT2D eigenvalue weighted by Crippen LogP contribution is -2.42. The number of pyridine rings is 1. The van der Waals surface area contributed by atoms with E-state index in [1.54, 1.807) is 0 Å². The van der Waals surface area contributed by atoms with Crippen LogP contribution in [0.3, 0.4) is 0 Å². The molecule has 118 valence electrons. The van der Waals surface area contributed by atoms with Gasteiger partial charge in [0.15, 0.2) is 5.82 Å². The zero-order valence-corrected chi connectivity index (χ0v) is 13.7. The summed E-state index contributed by atoms with van der Waals surface area (Å²) in [4.78, 5) is 11.4. The van der Waals surface area contributed by atoms with Crippen LogP contribution in [0, 0.1) is 12.3 Å². The van der Waals surface area contributed by atoms with E-state index >= 15 is 0 Å². The summed E-state index contributed by atoms with van der Waals surface area (Å²) in [5.41, 5.74) is 1.30. The van der Waals surface area contributed by atoms with Crippen molar-refractivity contribution >= 4 is 5.82 Å². The van der Waals surface area contributed by atoms with Crippen LogP contribution in [0.1, 0.15) is 45.4 Å². The number of hydrogen-bond donors (Lipinski definition) is 0. The summed E-state index contributed by atoms with van der Waals surface area (Å²) in [6.07, 6.45) is 6.82. The Morgan fingerprint density at radius 3 is 3.00 bits per heavy atom. The summed E-state index contributed by atoms with van der Waals surface area (Å²) < 4.78 is 5.35. The lowest BCUT2D eigenvalue weighted by molar-refractivity contribution is 0.238. The van der Waals surface area contributed by atoms with Gasteiger partial charge in [-0.05, 0) is 43.7 Å². The number of nitrogens with zero attached hydrogens (tertiary/aromatic N) is 4. The monoisotopic (exact) mass is 300 g/mol. The Morgan fingerprint density at radius 1 is 1.41 bits per heavy atom. The van der Waals surface area contributed by atoms with Crippen molar-refractivity contribution in [3.63, 3.8) is 0 Å². The third-order valence-corrected chi connectivity index (χ3v) is 4.48. The van der Waals surface area contributed by atoms with Gasteiger partial charge in [-0.3, -0.25) is 0 Å². The zero-order chi connectivity index (χ0) is 15.6. The molecule has 2 aromatic rings. The minimum Gasteiger partial charge on any atom is -0.355 e. The van der Waals surface area contributed by atoms with E-state index in [4.69, 9.17) is 4.52 Å². The van der Waals surface area contributed by atoms with E-state index in [1.165, 1.54) is 25.7 Å². The molecule has 5 heteroatoms. The van der Waals surface area contributed by atoms with Crippen molar-refractivity contribution in [1.82, 2.24) is 15.1 Å². The second-order valence-electron chi connectivity index (χ2n) is 6.61. The average Bonchev–Trinajstić information content (AvgIpc) is 2.94. The maximum Gasteiger partial charge on any atom is 0.261 e. The van der Waals surface area contributed by atoms with Gasteiger partial charge in [0.2, 0.25) is 0 Å². The molecule has 0 bridgehead atoms. The molecule has 1 fully saturated rings. The molecule has 1 aliphatic heterocycles. The topological polar surface area (TPSA) is 55.1 Å². The lowest BCUT2D eigenvalue weighted by atomic mass is 9.78. The summed E-state index contributed by atoms with van der Waals surface area (Å²) in [5.74, 6) is 2.18. The van der Waals surface area contributed by atoms with Crippen LogP contribution in [0.2, 0.25) is 0 Å². The standard InChI is InChI=1S/C17H24N4O/c1-4-8-17(3)9-6-11-21(12-17)15-14(7-5-10-18-15)16-19-13(2)20-22-16/h5,7,10H,4,6,8-9,11-12H2,1-3H3/t17-/m0/s1. The molecule has 0 spiro atoms. The first kappa shape index (κ1) is 15.0. The maximum atomic E-state index is 5.35. The van der Waals surface area contributed by atoms with Crippen molar-refractivity contribution < 1.29 is 4.52 Å². The van der Waals surface area contributed by atoms with Crippen molar-refractivity contribution in [1.29, 1.82) is 0 Å². The quantitative estimate of drug-likeness (QED) is 0.858. The first-order chi connectivity index (χ1) is 10.6. The highest BCUT2D eigenvalue weighted by Gasteiger charge is 2.32. The molecule has 5 nitrogen and oxygen atoms in total. The zero-order valence-electron chi connectivity index (χ0n) is 13.7. The summed E-state index contributed by atoms with van der Waals surface area (Å²) in [6.45, 7) is 8.57. The van der Waals surface area contributed by atoms with Crippen LogP contribution in [0.5, 0.6) is 0 Å². The van der Waals surface area contributed by atoms with Crippen LogP contribution in [0.4, 0.5) is 5.82 Å². The third-order valence-electron chi connectivity index (χ3n) is 4.48. The van der Waals surface area contributed by atoms with Crippen molar-refractivity contribution in [3.8, 4) is 11.5 Å². The van der Waals surface area contributed by atoms with Gasteiger partial charge in [0.25, 0.3) is 5.89 Å². The minimum absolute atomic E-state index is 0.368. The Labute approximate surface area is 131 Å². The van der Waals surface area contributed by atoms with Gasteiger partial charge in [0.05, 0.1) is 5.56 Å². The van der Waals surface area contributed by atoms with Gasteiger partial charge in [0, 0.05) is 19.3 Å². The molecule has 1 aliphatic rings. The summed E-state index contributed by atoms with van der Waals surface area (Å²) in [5, 5.41) is 3.90. The van der Waals surface area contributed by atoms with Gasteiger partial charge < -0.3 is 9.42 Å². The lowest BCUT2D eigenvalue weighted by Gasteiger charge is -2.41. The average molecular weight is 300 g/mol. The SMILES string of the molecule is CCC[C@@]1(C)CCCN(c2ncccc2-c2nc(C)no2)C1. The summed E-state index contributed by atoms with van der Waals surface area (Å²) in [7, 11) is 0. The molecule has 22 heavy (non-hydrogen) atoms. The fourth-order valence-corrected chi connectivity index (χ4v) is 3.53. The Balaban J connectivity index is 1.92. The van der Waals surface area contributed by atoms with E-state index in [-0.39, 0.29) is 0 Å². The number of piperidine rings is 1. The largest absolute Gasteiger partial charge is 0.355 e. The van der Waals surface area contributed by atoms with E-state index in [2.05, 4.69) is 33.9 Å².